The predicted molar refractivity (Wildman–Crippen MR) is 89.9 cm³/mol. The number of carbonyl (C=O) groups excluding carboxylic acids is 1. The molecule has 25 heavy (non-hydrogen) atoms. The van der Waals surface area contributed by atoms with Gasteiger partial charge in [-0.15, -0.1) is 0 Å². The lowest BCUT2D eigenvalue weighted by Crippen LogP contribution is -2.06. The molecule has 8 nitrogen and oxygen atoms in total. The van der Waals surface area contributed by atoms with Crippen LogP contribution in [0.4, 0.5) is 11.4 Å². The van der Waals surface area contributed by atoms with Crippen LogP contribution >= 0.6 is 0 Å². The van der Waals surface area contributed by atoms with Crippen molar-refractivity contribution in [3.8, 4) is 0 Å². The Morgan fingerprint density at radius 3 is 2.40 bits per heavy atom. The highest BCUT2D eigenvalue weighted by molar-refractivity contribution is 5.87. The fourth-order valence-corrected chi connectivity index (χ4v) is 2.09. The second-order valence-electron chi connectivity index (χ2n) is 4.99. The molecule has 0 fully saturated rings. The Hall–Kier alpha value is -3.55. The molecule has 2 aromatic rings. The maximum atomic E-state index is 11.6. The standard InChI is InChI=1S/C17H14N2O6/c20-17(9-6-13-4-2-1-3-5-13)25-11-10-14-7-8-15(18(21)22)12-16(14)19(23)24/h1-9,12H,10-11H2. The zero-order valence-electron chi connectivity index (χ0n) is 13.0. The van der Waals surface area contributed by atoms with E-state index in [-0.39, 0.29) is 30.0 Å². The Kier molecular flexibility index (Phi) is 5.94. The molecule has 0 heterocycles. The van der Waals surface area contributed by atoms with Crippen LogP contribution < -0.4 is 0 Å². The lowest BCUT2D eigenvalue weighted by atomic mass is 10.1. The highest BCUT2D eigenvalue weighted by atomic mass is 16.6. The number of rotatable bonds is 7. The van der Waals surface area contributed by atoms with Crippen LogP contribution in [0.2, 0.25) is 0 Å². The number of hydrogen-bond acceptors (Lipinski definition) is 6. The van der Waals surface area contributed by atoms with Gasteiger partial charge in [-0.05, 0) is 17.7 Å². The smallest absolute Gasteiger partial charge is 0.330 e. The van der Waals surface area contributed by atoms with Gasteiger partial charge in [0.1, 0.15) is 0 Å². The number of carbonyl (C=O) groups is 1. The summed E-state index contributed by atoms with van der Waals surface area (Å²) in [6.07, 6.45) is 2.94. The van der Waals surface area contributed by atoms with Crippen molar-refractivity contribution in [1.29, 1.82) is 0 Å². The average molecular weight is 342 g/mol. The van der Waals surface area contributed by atoms with Gasteiger partial charge in [0, 0.05) is 24.1 Å². The predicted octanol–water partition coefficient (Wildman–Crippen LogP) is 3.30. The molecule has 2 aromatic carbocycles. The molecule has 0 aliphatic heterocycles. The van der Waals surface area contributed by atoms with Gasteiger partial charge in [-0.2, -0.15) is 0 Å². The van der Waals surface area contributed by atoms with Gasteiger partial charge in [0.25, 0.3) is 11.4 Å². The molecular weight excluding hydrogens is 328 g/mol. The first-order valence-electron chi connectivity index (χ1n) is 7.29. The van der Waals surface area contributed by atoms with Gasteiger partial charge in [-0.25, -0.2) is 4.79 Å². The molecule has 0 spiro atoms. The highest BCUT2D eigenvalue weighted by Gasteiger charge is 2.19. The summed E-state index contributed by atoms with van der Waals surface area (Å²) in [5.74, 6) is -0.576. The van der Waals surface area contributed by atoms with Crippen molar-refractivity contribution in [3.63, 3.8) is 0 Å². The number of nitrogens with zero attached hydrogens (tertiary/aromatic N) is 2. The Bertz CT molecular complexity index is 817. The summed E-state index contributed by atoms with van der Waals surface area (Å²) in [7, 11) is 0. The molecule has 0 radical (unpaired) electrons. The number of ether oxygens (including phenoxy) is 1. The van der Waals surface area contributed by atoms with Crippen molar-refractivity contribution in [2.75, 3.05) is 6.61 Å². The molecule has 0 saturated heterocycles. The summed E-state index contributed by atoms with van der Waals surface area (Å²) in [5.41, 5.74) is 0.365. The molecule has 0 N–H and O–H groups in total. The lowest BCUT2D eigenvalue weighted by Gasteiger charge is -2.04. The molecule has 8 heteroatoms. The van der Waals surface area contributed by atoms with Gasteiger partial charge < -0.3 is 4.74 Å². The van der Waals surface area contributed by atoms with Crippen LogP contribution in [0, 0.1) is 20.2 Å². The van der Waals surface area contributed by atoms with Gasteiger partial charge in [-0.1, -0.05) is 30.3 Å². The maximum Gasteiger partial charge on any atom is 0.330 e. The van der Waals surface area contributed by atoms with Crippen LogP contribution in [0.15, 0.2) is 54.6 Å². The number of hydrogen-bond donors (Lipinski definition) is 0. The van der Waals surface area contributed by atoms with E-state index < -0.39 is 15.8 Å². The van der Waals surface area contributed by atoms with E-state index in [0.717, 1.165) is 11.6 Å². The van der Waals surface area contributed by atoms with E-state index in [9.17, 15) is 25.0 Å². The fourth-order valence-electron chi connectivity index (χ4n) is 2.09. The summed E-state index contributed by atoms with van der Waals surface area (Å²) >= 11 is 0. The largest absolute Gasteiger partial charge is 0.462 e. The number of nitro groups is 2. The number of esters is 1. The first-order valence-corrected chi connectivity index (χ1v) is 7.29. The first kappa shape index (κ1) is 17.8. The van der Waals surface area contributed by atoms with Crippen molar-refractivity contribution in [3.05, 3.63) is 86.0 Å². The Balaban J connectivity index is 1.95. The van der Waals surface area contributed by atoms with Gasteiger partial charge in [0.2, 0.25) is 0 Å². The Morgan fingerprint density at radius 1 is 1.04 bits per heavy atom. The Labute approximate surface area is 142 Å². The zero-order valence-corrected chi connectivity index (χ0v) is 13.0. The minimum atomic E-state index is -0.703. The minimum Gasteiger partial charge on any atom is -0.462 e. The minimum absolute atomic E-state index is 0.0728. The molecule has 0 aliphatic rings. The second-order valence-corrected chi connectivity index (χ2v) is 4.99. The molecule has 0 atom stereocenters. The van der Waals surface area contributed by atoms with Gasteiger partial charge in [-0.3, -0.25) is 20.2 Å². The van der Waals surface area contributed by atoms with E-state index >= 15 is 0 Å². The molecule has 0 bridgehead atoms. The molecule has 0 aromatic heterocycles. The topological polar surface area (TPSA) is 113 Å². The SMILES string of the molecule is O=C(C=Cc1ccccc1)OCCc1ccc([N+](=O)[O-])cc1[N+](=O)[O-]. The summed E-state index contributed by atoms with van der Waals surface area (Å²) in [6, 6.07) is 12.5. The van der Waals surface area contributed by atoms with E-state index in [2.05, 4.69) is 0 Å². The van der Waals surface area contributed by atoms with Gasteiger partial charge in [0.05, 0.1) is 22.5 Å². The summed E-state index contributed by atoms with van der Waals surface area (Å²) < 4.78 is 5.00. The third kappa shape index (κ3) is 5.24. The van der Waals surface area contributed by atoms with Gasteiger partial charge >= 0.3 is 5.97 Å². The third-order valence-corrected chi connectivity index (χ3v) is 3.30. The van der Waals surface area contributed by atoms with Crippen LogP contribution in [0.1, 0.15) is 11.1 Å². The second kappa shape index (κ2) is 8.34. The summed E-state index contributed by atoms with van der Waals surface area (Å²) in [5, 5.41) is 21.7. The number of nitro benzene ring substituents is 2. The van der Waals surface area contributed by atoms with Crippen LogP contribution in [0.3, 0.4) is 0 Å². The van der Waals surface area contributed by atoms with E-state index in [1.165, 1.54) is 18.2 Å². The average Bonchev–Trinajstić information content (AvgIpc) is 2.60. The van der Waals surface area contributed by atoms with Crippen molar-refractivity contribution >= 4 is 23.4 Å². The number of benzene rings is 2. The van der Waals surface area contributed by atoms with Crippen LogP contribution in [0.25, 0.3) is 6.08 Å². The van der Waals surface area contributed by atoms with Crippen LogP contribution in [-0.2, 0) is 16.0 Å². The quantitative estimate of drug-likeness (QED) is 0.330. The maximum absolute atomic E-state index is 11.6. The number of non-ortho nitro benzene ring substituents is 1. The molecule has 0 saturated carbocycles. The van der Waals surface area contributed by atoms with E-state index in [0.29, 0.717) is 0 Å². The molecule has 0 aliphatic carbocycles. The molecule has 0 unspecified atom stereocenters. The molecule has 2 rings (SSSR count). The zero-order chi connectivity index (χ0) is 18.2. The van der Waals surface area contributed by atoms with Crippen molar-refractivity contribution in [2.45, 2.75) is 6.42 Å². The highest BCUT2D eigenvalue weighted by Crippen LogP contribution is 2.25. The monoisotopic (exact) mass is 342 g/mol. The van der Waals surface area contributed by atoms with E-state index in [1.807, 2.05) is 30.3 Å². The van der Waals surface area contributed by atoms with E-state index in [1.54, 1.807) is 6.08 Å². The van der Waals surface area contributed by atoms with E-state index in [4.69, 9.17) is 4.74 Å². The summed E-state index contributed by atoms with van der Waals surface area (Å²) in [4.78, 5) is 31.9. The van der Waals surface area contributed by atoms with Crippen molar-refractivity contribution < 1.29 is 19.4 Å². The Morgan fingerprint density at radius 2 is 1.76 bits per heavy atom. The molecule has 0 amide bonds. The molecular formula is C17H14N2O6. The first-order chi connectivity index (χ1) is 12.0. The molecule has 128 valence electrons. The fraction of sp³-hybridized carbons (Fsp3) is 0.118. The summed E-state index contributed by atoms with van der Waals surface area (Å²) in [6.45, 7) is -0.0728. The van der Waals surface area contributed by atoms with Crippen molar-refractivity contribution in [2.24, 2.45) is 0 Å². The normalized spacial score (nSPS) is 10.6. The third-order valence-electron chi connectivity index (χ3n) is 3.30. The van der Waals surface area contributed by atoms with Crippen LogP contribution in [0.5, 0.6) is 0 Å². The van der Waals surface area contributed by atoms with Gasteiger partial charge in [0.15, 0.2) is 0 Å². The van der Waals surface area contributed by atoms with Crippen molar-refractivity contribution in [1.82, 2.24) is 0 Å². The lowest BCUT2D eigenvalue weighted by molar-refractivity contribution is -0.394. The van der Waals surface area contributed by atoms with Crippen LogP contribution in [-0.4, -0.2) is 22.4 Å².